The fourth-order valence-corrected chi connectivity index (χ4v) is 4.85. The lowest BCUT2D eigenvalue weighted by Gasteiger charge is -2.27. The summed E-state index contributed by atoms with van der Waals surface area (Å²) in [6.07, 6.45) is 2.12. The van der Waals surface area contributed by atoms with Gasteiger partial charge >= 0.3 is 0 Å². The third-order valence-corrected chi connectivity index (χ3v) is 6.55. The molecule has 1 fully saturated rings. The van der Waals surface area contributed by atoms with E-state index in [-0.39, 0.29) is 5.82 Å². The lowest BCUT2D eigenvalue weighted by molar-refractivity contribution is 0.603. The normalized spacial score (nSPS) is 16.3. The number of hydrogen-bond acceptors (Lipinski definition) is 6. The zero-order valence-electron chi connectivity index (χ0n) is 15.6. The minimum absolute atomic E-state index is 0.304. The highest BCUT2D eigenvalue weighted by atomic mass is 35.5. The topological polar surface area (TPSA) is 40.2 Å². The predicted octanol–water partition coefficient (Wildman–Crippen LogP) is 6.93. The number of thiazole rings is 1. The molecule has 4 nitrogen and oxygen atoms in total. The minimum Gasteiger partial charge on any atom is -0.367 e. The second kappa shape index (κ2) is 8.77. The molecule has 0 radical (unpaired) electrons. The molecule has 2 N–H and O–H groups in total. The van der Waals surface area contributed by atoms with E-state index >= 15 is 0 Å². The Bertz CT molecular complexity index is 1000. The molecule has 3 aromatic rings. The number of anilines is 4. The van der Waals surface area contributed by atoms with Crippen molar-refractivity contribution < 1.29 is 8.78 Å². The molecule has 0 amide bonds. The summed E-state index contributed by atoms with van der Waals surface area (Å²) in [4.78, 5) is 6.63. The van der Waals surface area contributed by atoms with Gasteiger partial charge in [0.15, 0.2) is 0 Å². The first kappa shape index (κ1) is 20.3. The van der Waals surface area contributed by atoms with Gasteiger partial charge in [-0.2, -0.15) is 0 Å². The van der Waals surface area contributed by atoms with Crippen molar-refractivity contribution in [3.05, 3.63) is 57.9 Å². The van der Waals surface area contributed by atoms with Gasteiger partial charge in [-0.3, -0.25) is 0 Å². The maximum Gasteiger partial charge on any atom is 0.147 e. The Labute approximate surface area is 181 Å². The molecular weight excluding hydrogens is 434 g/mol. The highest BCUT2D eigenvalue weighted by molar-refractivity contribution is 8.00. The standard InChI is InChI=1S/C20H19ClF2N4S2/c1-12-3-2-6-27(12)18-7-13(22)4-5-16(18)25-17-9-15(23)19(8-14(17)21)29-26-20-10-28-11-24-20/h4-5,7-12,25-26H,2-3,6H2,1H3. The number of rotatable bonds is 6. The van der Waals surface area contributed by atoms with Crippen molar-refractivity contribution in [2.24, 2.45) is 0 Å². The third-order valence-electron chi connectivity index (χ3n) is 4.81. The molecule has 1 saturated heterocycles. The van der Waals surface area contributed by atoms with E-state index in [0.29, 0.717) is 33.2 Å². The van der Waals surface area contributed by atoms with Gasteiger partial charge in [-0.15, -0.1) is 11.3 Å². The maximum absolute atomic E-state index is 14.6. The van der Waals surface area contributed by atoms with Crippen molar-refractivity contribution in [3.8, 4) is 0 Å². The van der Waals surface area contributed by atoms with E-state index < -0.39 is 5.82 Å². The smallest absolute Gasteiger partial charge is 0.147 e. The molecule has 4 rings (SSSR count). The largest absolute Gasteiger partial charge is 0.367 e. The van der Waals surface area contributed by atoms with Crippen molar-refractivity contribution in [1.82, 2.24) is 4.98 Å². The molecule has 0 aliphatic carbocycles. The van der Waals surface area contributed by atoms with Gasteiger partial charge in [0.05, 0.1) is 32.5 Å². The summed E-state index contributed by atoms with van der Waals surface area (Å²) in [6, 6.07) is 7.80. The van der Waals surface area contributed by atoms with Crippen LogP contribution in [-0.2, 0) is 0 Å². The maximum atomic E-state index is 14.6. The van der Waals surface area contributed by atoms with Crippen LogP contribution in [0.3, 0.4) is 0 Å². The Kier molecular flexibility index (Phi) is 6.12. The van der Waals surface area contributed by atoms with E-state index in [2.05, 4.69) is 26.8 Å². The highest BCUT2D eigenvalue weighted by Gasteiger charge is 2.23. The molecule has 9 heteroatoms. The Morgan fingerprint density at radius 3 is 2.83 bits per heavy atom. The Hall–Kier alpha value is -2.03. The van der Waals surface area contributed by atoms with Crippen LogP contribution < -0.4 is 14.9 Å². The summed E-state index contributed by atoms with van der Waals surface area (Å²) in [5.41, 5.74) is 3.58. The summed E-state index contributed by atoms with van der Waals surface area (Å²) < 4.78 is 31.5. The van der Waals surface area contributed by atoms with Gasteiger partial charge in [-0.05, 0) is 56.0 Å². The van der Waals surface area contributed by atoms with Gasteiger partial charge in [-0.1, -0.05) is 11.6 Å². The average molecular weight is 453 g/mol. The molecule has 1 unspecified atom stereocenters. The van der Waals surface area contributed by atoms with Gasteiger partial charge in [-0.25, -0.2) is 13.8 Å². The summed E-state index contributed by atoms with van der Waals surface area (Å²) in [6.45, 7) is 2.98. The van der Waals surface area contributed by atoms with Gasteiger partial charge in [0.2, 0.25) is 0 Å². The van der Waals surface area contributed by atoms with Crippen molar-refractivity contribution in [1.29, 1.82) is 0 Å². The fourth-order valence-electron chi connectivity index (χ4n) is 3.36. The minimum atomic E-state index is -0.414. The van der Waals surface area contributed by atoms with Crippen molar-refractivity contribution in [2.45, 2.75) is 30.7 Å². The molecule has 2 aromatic carbocycles. The van der Waals surface area contributed by atoms with Crippen LogP contribution in [-0.4, -0.2) is 17.6 Å². The lowest BCUT2D eigenvalue weighted by Crippen LogP contribution is -2.27. The van der Waals surface area contributed by atoms with Crippen molar-refractivity contribution in [3.63, 3.8) is 0 Å². The molecule has 29 heavy (non-hydrogen) atoms. The monoisotopic (exact) mass is 452 g/mol. The second-order valence-corrected chi connectivity index (χ2v) is 8.79. The zero-order valence-corrected chi connectivity index (χ0v) is 18.0. The molecule has 2 heterocycles. The molecule has 1 atom stereocenters. The fraction of sp³-hybridized carbons (Fsp3) is 0.250. The number of aromatic nitrogens is 1. The van der Waals surface area contributed by atoms with E-state index in [1.54, 1.807) is 17.6 Å². The van der Waals surface area contributed by atoms with Gasteiger partial charge in [0.1, 0.15) is 17.5 Å². The third kappa shape index (κ3) is 4.60. The Balaban J connectivity index is 1.57. The number of halogens is 3. The molecule has 152 valence electrons. The van der Waals surface area contributed by atoms with Gasteiger partial charge < -0.3 is 14.9 Å². The zero-order chi connectivity index (χ0) is 20.4. The molecule has 1 aliphatic heterocycles. The van der Waals surface area contributed by atoms with Crippen LogP contribution in [0.15, 0.2) is 46.1 Å². The van der Waals surface area contributed by atoms with E-state index in [9.17, 15) is 8.78 Å². The quantitative estimate of drug-likeness (QED) is 0.397. The van der Waals surface area contributed by atoms with Crippen LogP contribution in [0.5, 0.6) is 0 Å². The highest BCUT2D eigenvalue weighted by Crippen LogP contribution is 2.38. The molecule has 0 bridgehead atoms. The summed E-state index contributed by atoms with van der Waals surface area (Å²) in [7, 11) is 0. The SMILES string of the molecule is CC1CCCN1c1cc(F)ccc1Nc1cc(F)c(SNc2cscn2)cc1Cl. The predicted molar refractivity (Wildman–Crippen MR) is 119 cm³/mol. The Morgan fingerprint density at radius 1 is 1.24 bits per heavy atom. The van der Waals surface area contributed by atoms with E-state index in [1.165, 1.54) is 29.5 Å². The molecule has 0 spiro atoms. The van der Waals surface area contributed by atoms with Gasteiger partial charge in [0.25, 0.3) is 0 Å². The van der Waals surface area contributed by atoms with Crippen LogP contribution in [0.25, 0.3) is 0 Å². The summed E-state index contributed by atoms with van der Waals surface area (Å²) in [5, 5.41) is 5.39. The Morgan fingerprint density at radius 2 is 2.10 bits per heavy atom. The second-order valence-electron chi connectivity index (χ2n) is 6.81. The first-order chi connectivity index (χ1) is 14.0. The molecule has 1 aliphatic rings. The summed E-state index contributed by atoms with van der Waals surface area (Å²) >= 11 is 8.97. The lowest BCUT2D eigenvalue weighted by atomic mass is 10.2. The van der Waals surface area contributed by atoms with Crippen LogP contribution in [0.2, 0.25) is 5.02 Å². The van der Waals surface area contributed by atoms with E-state index in [0.717, 1.165) is 37.0 Å². The summed E-state index contributed by atoms with van der Waals surface area (Å²) in [5.74, 6) is -0.0574. The number of nitrogens with zero attached hydrogens (tertiary/aromatic N) is 2. The van der Waals surface area contributed by atoms with Crippen LogP contribution in [0, 0.1) is 11.6 Å². The van der Waals surface area contributed by atoms with E-state index in [1.807, 2.05) is 5.38 Å². The number of nitrogens with one attached hydrogen (secondary N) is 2. The van der Waals surface area contributed by atoms with E-state index in [4.69, 9.17) is 11.6 Å². The average Bonchev–Trinajstić information content (AvgIpc) is 3.36. The molecule has 1 aromatic heterocycles. The van der Waals surface area contributed by atoms with Crippen molar-refractivity contribution >= 4 is 57.8 Å². The first-order valence-corrected chi connectivity index (χ1v) is 11.3. The van der Waals surface area contributed by atoms with Crippen molar-refractivity contribution in [2.75, 3.05) is 21.5 Å². The molecule has 0 saturated carbocycles. The van der Waals surface area contributed by atoms with Crippen LogP contribution in [0.4, 0.5) is 31.7 Å². The molecular formula is C20H19ClF2N4S2. The van der Waals surface area contributed by atoms with Gasteiger partial charge in [0, 0.05) is 24.0 Å². The number of benzene rings is 2. The van der Waals surface area contributed by atoms with Crippen LogP contribution in [0.1, 0.15) is 19.8 Å². The first-order valence-electron chi connectivity index (χ1n) is 9.14. The number of hydrogen-bond donors (Lipinski definition) is 2. The van der Waals surface area contributed by atoms with Crippen LogP contribution >= 0.6 is 34.9 Å².